The number of hydrogen-bond acceptors (Lipinski definition) is 5. The zero-order valence-electron chi connectivity index (χ0n) is 12.0. The number of carboxylic acids is 1. The van der Waals surface area contributed by atoms with Crippen LogP contribution in [0.5, 0.6) is 0 Å². The zero-order valence-corrected chi connectivity index (χ0v) is 12.8. The van der Waals surface area contributed by atoms with E-state index in [4.69, 9.17) is 14.6 Å². The third-order valence-electron chi connectivity index (χ3n) is 2.40. The van der Waals surface area contributed by atoms with Gasteiger partial charge < -0.3 is 25.2 Å². The predicted molar refractivity (Wildman–Crippen MR) is 78.3 cm³/mol. The molecule has 2 amide bonds. The van der Waals surface area contributed by atoms with Crippen molar-refractivity contribution in [2.75, 3.05) is 45.5 Å². The van der Waals surface area contributed by atoms with Gasteiger partial charge in [0.15, 0.2) is 0 Å². The first kappa shape index (κ1) is 19.0. The Bertz CT molecular complexity index is 279. The largest absolute Gasteiger partial charge is 0.480 e. The molecular weight excluding hydrogens is 284 g/mol. The van der Waals surface area contributed by atoms with E-state index in [1.807, 2.05) is 6.26 Å². The normalized spacial score (nSPS) is 11.9. The van der Waals surface area contributed by atoms with Crippen LogP contribution < -0.4 is 10.6 Å². The molecule has 0 saturated carbocycles. The Labute approximate surface area is 123 Å². The first-order valence-corrected chi connectivity index (χ1v) is 7.84. The molecule has 0 unspecified atom stereocenters. The van der Waals surface area contributed by atoms with Gasteiger partial charge >= 0.3 is 12.0 Å². The fraction of sp³-hybridized carbons (Fsp3) is 0.833. The number of carboxylic acid groups (broad SMARTS) is 1. The summed E-state index contributed by atoms with van der Waals surface area (Å²) in [5.41, 5.74) is 0. The number of methoxy groups -OCH3 is 1. The van der Waals surface area contributed by atoms with Crippen LogP contribution in [0.4, 0.5) is 4.79 Å². The van der Waals surface area contributed by atoms with E-state index in [2.05, 4.69) is 10.6 Å². The summed E-state index contributed by atoms with van der Waals surface area (Å²) in [5.74, 6) is -0.331. The van der Waals surface area contributed by atoms with Gasteiger partial charge in [0.2, 0.25) is 0 Å². The van der Waals surface area contributed by atoms with Crippen LogP contribution in [-0.2, 0) is 14.3 Å². The summed E-state index contributed by atoms with van der Waals surface area (Å²) in [6.45, 7) is 2.04. The monoisotopic (exact) mass is 308 g/mol. The summed E-state index contributed by atoms with van der Waals surface area (Å²) >= 11 is 1.54. The molecule has 7 nitrogen and oxygen atoms in total. The molecule has 0 saturated heterocycles. The molecule has 8 heteroatoms. The van der Waals surface area contributed by atoms with Crippen molar-refractivity contribution in [3.63, 3.8) is 0 Å². The molecule has 0 radical (unpaired) electrons. The quantitative estimate of drug-likeness (QED) is 0.455. The van der Waals surface area contributed by atoms with E-state index in [9.17, 15) is 9.59 Å². The van der Waals surface area contributed by atoms with E-state index in [0.29, 0.717) is 45.0 Å². The lowest BCUT2D eigenvalue weighted by Crippen LogP contribution is -2.46. The summed E-state index contributed by atoms with van der Waals surface area (Å²) in [5, 5.41) is 14.0. The van der Waals surface area contributed by atoms with Crippen LogP contribution in [0.15, 0.2) is 0 Å². The molecule has 0 aromatic carbocycles. The van der Waals surface area contributed by atoms with Gasteiger partial charge in [-0.3, -0.25) is 0 Å². The van der Waals surface area contributed by atoms with E-state index in [0.717, 1.165) is 0 Å². The molecule has 0 heterocycles. The first-order valence-electron chi connectivity index (χ1n) is 6.44. The predicted octanol–water partition coefficient (Wildman–Crippen LogP) is 0.545. The number of hydrogen-bond donors (Lipinski definition) is 3. The molecule has 20 heavy (non-hydrogen) atoms. The van der Waals surface area contributed by atoms with E-state index in [-0.39, 0.29) is 0 Å². The smallest absolute Gasteiger partial charge is 0.326 e. The Morgan fingerprint density at radius 2 is 2.05 bits per heavy atom. The summed E-state index contributed by atoms with van der Waals surface area (Å²) in [7, 11) is 1.60. The molecule has 0 aliphatic heterocycles. The van der Waals surface area contributed by atoms with Crippen LogP contribution in [0, 0.1) is 0 Å². The van der Waals surface area contributed by atoms with Gasteiger partial charge in [-0.15, -0.1) is 0 Å². The lowest BCUT2D eigenvalue weighted by atomic mass is 10.2. The van der Waals surface area contributed by atoms with Gasteiger partial charge in [-0.2, -0.15) is 11.8 Å². The Balaban J connectivity index is 3.66. The average molecular weight is 308 g/mol. The van der Waals surface area contributed by atoms with E-state index in [1.165, 1.54) is 0 Å². The van der Waals surface area contributed by atoms with Gasteiger partial charge in [0.1, 0.15) is 6.04 Å². The number of carbonyl (C=O) groups is 2. The van der Waals surface area contributed by atoms with E-state index < -0.39 is 18.0 Å². The second kappa shape index (κ2) is 13.0. The maximum atomic E-state index is 11.5. The van der Waals surface area contributed by atoms with Gasteiger partial charge in [0.25, 0.3) is 0 Å². The highest BCUT2D eigenvalue weighted by Gasteiger charge is 2.18. The second-order valence-electron chi connectivity index (χ2n) is 4.03. The molecule has 0 rings (SSSR count). The van der Waals surface area contributed by atoms with Crippen molar-refractivity contribution in [1.29, 1.82) is 0 Å². The minimum Gasteiger partial charge on any atom is -0.480 e. The zero-order chi connectivity index (χ0) is 15.2. The Hall–Kier alpha value is -0.990. The van der Waals surface area contributed by atoms with Crippen LogP contribution in [0.2, 0.25) is 0 Å². The SMILES string of the molecule is COCCOCCCNC(=O)N[C@H](CCSC)C(=O)O. The Kier molecular flexibility index (Phi) is 12.4. The lowest BCUT2D eigenvalue weighted by molar-refractivity contribution is -0.139. The number of thioether (sulfide) groups is 1. The van der Waals surface area contributed by atoms with Crippen molar-refractivity contribution in [3.05, 3.63) is 0 Å². The number of urea groups is 1. The number of rotatable bonds is 12. The first-order chi connectivity index (χ1) is 9.61. The summed E-state index contributed by atoms with van der Waals surface area (Å²) in [6, 6.07) is -1.31. The molecule has 0 aliphatic carbocycles. The van der Waals surface area contributed by atoms with Crippen LogP contribution in [0.25, 0.3) is 0 Å². The average Bonchev–Trinajstić information content (AvgIpc) is 2.42. The maximum absolute atomic E-state index is 11.5. The van der Waals surface area contributed by atoms with Crippen LogP contribution in [-0.4, -0.2) is 68.6 Å². The number of amides is 2. The highest BCUT2D eigenvalue weighted by molar-refractivity contribution is 7.98. The van der Waals surface area contributed by atoms with Gasteiger partial charge in [-0.1, -0.05) is 0 Å². The maximum Gasteiger partial charge on any atom is 0.326 e. The molecular formula is C12H24N2O5S. The van der Waals surface area contributed by atoms with Crippen molar-refractivity contribution < 1.29 is 24.2 Å². The van der Waals surface area contributed by atoms with Gasteiger partial charge in [-0.25, -0.2) is 9.59 Å². The van der Waals surface area contributed by atoms with Crippen molar-refractivity contribution in [2.45, 2.75) is 18.9 Å². The van der Waals surface area contributed by atoms with E-state index in [1.54, 1.807) is 18.9 Å². The topological polar surface area (TPSA) is 96.9 Å². The molecule has 0 aliphatic rings. The van der Waals surface area contributed by atoms with Crippen LogP contribution in [0.3, 0.4) is 0 Å². The van der Waals surface area contributed by atoms with Crippen molar-refractivity contribution in [1.82, 2.24) is 10.6 Å². The van der Waals surface area contributed by atoms with Crippen LogP contribution in [0.1, 0.15) is 12.8 Å². The number of ether oxygens (including phenoxy) is 2. The molecule has 0 spiro atoms. The molecule has 0 aromatic rings. The minimum absolute atomic E-state index is 0.407. The second-order valence-corrected chi connectivity index (χ2v) is 5.02. The Morgan fingerprint density at radius 3 is 2.65 bits per heavy atom. The van der Waals surface area contributed by atoms with Gasteiger partial charge in [-0.05, 0) is 24.9 Å². The number of nitrogens with one attached hydrogen (secondary N) is 2. The summed E-state index contributed by atoms with van der Waals surface area (Å²) < 4.78 is 10.1. The lowest BCUT2D eigenvalue weighted by Gasteiger charge is -2.14. The molecule has 0 fully saturated rings. The third-order valence-corrected chi connectivity index (χ3v) is 3.04. The highest BCUT2D eigenvalue weighted by Crippen LogP contribution is 2.00. The number of carbonyl (C=O) groups excluding carboxylic acids is 1. The molecule has 0 aromatic heterocycles. The number of aliphatic carboxylic acids is 1. The fourth-order valence-corrected chi connectivity index (χ4v) is 1.79. The van der Waals surface area contributed by atoms with Gasteiger partial charge in [0, 0.05) is 20.3 Å². The molecule has 3 N–H and O–H groups in total. The summed E-state index contributed by atoms with van der Waals surface area (Å²) in [4.78, 5) is 22.4. The molecule has 118 valence electrons. The third kappa shape index (κ3) is 10.9. The fourth-order valence-electron chi connectivity index (χ4n) is 1.32. The standard InChI is InChI=1S/C12H24N2O5S/c1-18-7-8-19-6-3-5-13-12(17)14-10(11(15)16)4-9-20-2/h10H,3-9H2,1-2H3,(H,15,16)(H2,13,14,17)/t10-/m1/s1. The van der Waals surface area contributed by atoms with Gasteiger partial charge in [0.05, 0.1) is 13.2 Å². The molecule has 0 bridgehead atoms. The summed E-state index contributed by atoms with van der Waals surface area (Å²) in [6.07, 6.45) is 2.96. The minimum atomic E-state index is -1.02. The highest BCUT2D eigenvalue weighted by atomic mass is 32.2. The van der Waals surface area contributed by atoms with Crippen molar-refractivity contribution in [3.8, 4) is 0 Å². The Morgan fingerprint density at radius 1 is 1.30 bits per heavy atom. The molecule has 1 atom stereocenters. The van der Waals surface area contributed by atoms with Crippen molar-refractivity contribution in [2.24, 2.45) is 0 Å². The van der Waals surface area contributed by atoms with Crippen LogP contribution >= 0.6 is 11.8 Å². The van der Waals surface area contributed by atoms with E-state index >= 15 is 0 Å². The van der Waals surface area contributed by atoms with Crippen molar-refractivity contribution >= 4 is 23.8 Å².